The molecular formula is C41H62FN5O11S. The van der Waals surface area contributed by atoms with Crippen molar-refractivity contribution in [1.29, 1.82) is 0 Å². The Bertz CT molecular complexity index is 1800. The summed E-state index contributed by atoms with van der Waals surface area (Å²) in [6.45, 7) is 11.7. The number of aliphatic hydroxyl groups is 3. The molecule has 2 aromatic rings. The molecule has 0 aliphatic carbocycles. The molecule has 59 heavy (non-hydrogen) atoms. The van der Waals surface area contributed by atoms with Crippen molar-refractivity contribution in [2.45, 2.75) is 147 Å². The van der Waals surface area contributed by atoms with Crippen LogP contribution in [0.1, 0.15) is 80.3 Å². The number of carbonyl (C=O) groups excluding carboxylic acids is 2. The number of nitrogens with zero attached hydrogens (tertiary/aromatic N) is 4. The van der Waals surface area contributed by atoms with Crippen LogP contribution in [0.4, 0.5) is 10.2 Å². The van der Waals surface area contributed by atoms with Gasteiger partial charge in [0.1, 0.15) is 40.0 Å². The molecule has 2 aromatic heterocycles. The van der Waals surface area contributed by atoms with Crippen molar-refractivity contribution in [3.63, 3.8) is 0 Å². The molecule has 3 fully saturated rings. The van der Waals surface area contributed by atoms with Crippen molar-refractivity contribution in [2.75, 3.05) is 33.0 Å². The number of hydrogen-bond acceptors (Lipinski definition) is 17. The standard InChI is InChI=1S/C41H62FN5O11S/c1-11-29-41(8,52)35-23(4)31(48)21(2)16-39(6,54-18-25(17-53-35)46-55-19-26-20-59-36(44-26)27-13-12-14-30(43)45-27)34(24(5)33(50)40(7,42)38(51)57-29)58-37-32(49)28(47(9)10)15-22(3)56-37/h12-14,20-24,28-29,31-32,34-35,37,48-49,52H,11,15-19H2,1-10H3,(H2,43,45)/b46-25+/t21-,22-,23+,24+,28+,29-,31+,32-,34-,35?,37-,39-,40+,41-/m1/s1. The number of thiazole rings is 1. The van der Waals surface area contributed by atoms with E-state index in [0.717, 1.165) is 6.92 Å². The number of alkyl halides is 1. The Hall–Kier alpha value is -3.20. The van der Waals surface area contributed by atoms with Gasteiger partial charge in [-0.05, 0) is 79.1 Å². The van der Waals surface area contributed by atoms with E-state index in [1.54, 1.807) is 51.3 Å². The van der Waals surface area contributed by atoms with Crippen LogP contribution in [0.3, 0.4) is 0 Å². The number of ketones is 1. The first-order valence-electron chi connectivity index (χ1n) is 20.2. The van der Waals surface area contributed by atoms with E-state index in [1.807, 2.05) is 25.9 Å². The fraction of sp³-hybridized carbons (Fsp3) is 0.732. The van der Waals surface area contributed by atoms with E-state index >= 15 is 4.39 Å². The lowest BCUT2D eigenvalue weighted by Gasteiger charge is -2.48. The predicted molar refractivity (Wildman–Crippen MR) is 217 cm³/mol. The van der Waals surface area contributed by atoms with Crippen LogP contribution in [0.15, 0.2) is 28.7 Å². The fourth-order valence-electron chi connectivity index (χ4n) is 8.64. The Morgan fingerprint density at radius 1 is 1.08 bits per heavy atom. The van der Waals surface area contributed by atoms with Crippen LogP contribution in [0.2, 0.25) is 0 Å². The van der Waals surface area contributed by atoms with E-state index in [0.29, 0.717) is 28.6 Å². The molecule has 3 aliphatic rings. The highest BCUT2D eigenvalue weighted by Crippen LogP contribution is 2.41. The van der Waals surface area contributed by atoms with Gasteiger partial charge in [0.25, 0.3) is 5.67 Å². The van der Waals surface area contributed by atoms with Gasteiger partial charge in [0.05, 0.1) is 48.9 Å². The van der Waals surface area contributed by atoms with Crippen molar-refractivity contribution in [3.8, 4) is 10.7 Å². The van der Waals surface area contributed by atoms with E-state index < -0.39 is 89.2 Å². The van der Waals surface area contributed by atoms with Crippen molar-refractivity contribution in [2.24, 2.45) is 22.9 Å². The maximum absolute atomic E-state index is 16.8. The third-order valence-electron chi connectivity index (χ3n) is 12.0. The van der Waals surface area contributed by atoms with Crippen LogP contribution >= 0.6 is 11.3 Å². The van der Waals surface area contributed by atoms with Gasteiger partial charge < -0.3 is 54.5 Å². The number of fused-ring (bicyclic) bond motifs is 5. The molecule has 5 heterocycles. The maximum atomic E-state index is 16.8. The van der Waals surface area contributed by atoms with Gasteiger partial charge in [-0.3, -0.25) is 4.79 Å². The minimum absolute atomic E-state index is 0.0105. The van der Waals surface area contributed by atoms with Crippen molar-refractivity contribution >= 4 is 34.6 Å². The number of carbonyl (C=O) groups is 2. The largest absolute Gasteiger partial charge is 0.457 e. The minimum Gasteiger partial charge on any atom is -0.457 e. The first kappa shape index (κ1) is 46.9. The van der Waals surface area contributed by atoms with E-state index in [2.05, 4.69) is 15.1 Å². The number of rotatable bonds is 8. The number of hydrogen-bond donors (Lipinski definition) is 4. The Kier molecular flexibility index (Phi) is 14.9. The minimum atomic E-state index is -3.20. The normalized spacial score (nSPS) is 39.9. The number of halogens is 1. The van der Waals surface area contributed by atoms with Crippen LogP contribution in [-0.2, 0) is 44.7 Å². The van der Waals surface area contributed by atoms with Crippen LogP contribution in [0, 0.1) is 17.8 Å². The lowest BCUT2D eigenvalue weighted by atomic mass is 9.73. The molecule has 5 N–H and O–H groups in total. The SMILES string of the molecule is CC[C@H]1OC(=O)[C@@](C)(F)C(=O)[C@H](C)[C@@H](O[C@H]2O[C@H](C)C[C@H](N(C)C)[C@H]2O)[C@@]2(C)C[C@@H](C)[C@H](O)[C@H](C)C(OC/C(=N\OCc3csc(-c4cccc(N)n4)n3)CO2)[C@]1(C)O. The molecule has 3 aliphatic heterocycles. The quantitative estimate of drug-likeness (QED) is 0.169. The molecule has 0 saturated carbocycles. The number of pyridine rings is 1. The second-order valence-electron chi connectivity index (χ2n) is 17.2. The number of esters is 1. The van der Waals surface area contributed by atoms with Crippen LogP contribution < -0.4 is 5.73 Å². The number of cyclic esters (lactones) is 1. The van der Waals surface area contributed by atoms with Gasteiger partial charge in [-0.1, -0.05) is 38.9 Å². The summed E-state index contributed by atoms with van der Waals surface area (Å²) in [7, 11) is 3.64. The van der Waals surface area contributed by atoms with Gasteiger partial charge in [0.15, 0.2) is 18.7 Å². The summed E-state index contributed by atoms with van der Waals surface area (Å²) in [6.07, 6.45) is -7.46. The zero-order valence-electron chi connectivity index (χ0n) is 35.7. The zero-order chi connectivity index (χ0) is 43.6. The van der Waals surface area contributed by atoms with Gasteiger partial charge in [0, 0.05) is 23.3 Å². The summed E-state index contributed by atoms with van der Waals surface area (Å²) in [6, 6.07) is 4.87. The molecule has 330 valence electrons. The summed E-state index contributed by atoms with van der Waals surface area (Å²) in [5, 5.41) is 42.6. The molecule has 0 radical (unpaired) electrons. The molecule has 14 atom stereocenters. The summed E-state index contributed by atoms with van der Waals surface area (Å²) >= 11 is 1.36. The molecule has 5 rings (SSSR count). The van der Waals surface area contributed by atoms with Crippen molar-refractivity contribution < 1.29 is 57.8 Å². The Morgan fingerprint density at radius 2 is 1.80 bits per heavy atom. The molecule has 0 aromatic carbocycles. The van der Waals surface area contributed by atoms with Gasteiger partial charge in [-0.25, -0.2) is 19.2 Å². The van der Waals surface area contributed by atoms with E-state index in [9.17, 15) is 24.9 Å². The molecule has 16 nitrogen and oxygen atoms in total. The number of Topliss-reactive ketones (excluding diaryl/α,β-unsaturated/α-hetero) is 1. The summed E-state index contributed by atoms with van der Waals surface area (Å²) < 4.78 is 48.3. The molecule has 0 spiro atoms. The molecular weight excluding hydrogens is 790 g/mol. The molecule has 1 unspecified atom stereocenters. The predicted octanol–water partition coefficient (Wildman–Crippen LogP) is 3.69. The molecule has 3 saturated heterocycles. The first-order chi connectivity index (χ1) is 27.6. The second-order valence-corrected chi connectivity index (χ2v) is 18.1. The third kappa shape index (κ3) is 10.3. The van der Waals surface area contributed by atoms with Gasteiger partial charge >= 0.3 is 5.97 Å². The highest BCUT2D eigenvalue weighted by atomic mass is 32.1. The number of nitrogens with two attached hydrogens (primary N) is 1. The lowest BCUT2D eigenvalue weighted by Crippen LogP contribution is -2.62. The average Bonchev–Trinajstić information content (AvgIpc) is 3.65. The van der Waals surface area contributed by atoms with Gasteiger partial charge in [0.2, 0.25) is 0 Å². The van der Waals surface area contributed by atoms with E-state index in [4.69, 9.17) is 34.3 Å². The van der Waals surface area contributed by atoms with Crippen molar-refractivity contribution in [3.05, 3.63) is 29.3 Å². The second kappa shape index (κ2) is 18.8. The zero-order valence-corrected chi connectivity index (χ0v) is 36.5. The number of aromatic nitrogens is 2. The van der Waals surface area contributed by atoms with E-state index in [-0.39, 0.29) is 44.5 Å². The molecule has 0 amide bonds. The number of anilines is 1. The summed E-state index contributed by atoms with van der Waals surface area (Å²) in [5.74, 6) is -5.15. The highest BCUT2D eigenvalue weighted by Gasteiger charge is 2.57. The van der Waals surface area contributed by atoms with Crippen LogP contribution in [0.25, 0.3) is 10.7 Å². The third-order valence-corrected chi connectivity index (χ3v) is 12.9. The average molecular weight is 852 g/mol. The van der Waals surface area contributed by atoms with Gasteiger partial charge in [-0.15, -0.1) is 11.3 Å². The fourth-order valence-corrected chi connectivity index (χ4v) is 9.41. The number of oxime groups is 1. The molecule has 2 bridgehead atoms. The lowest BCUT2D eigenvalue weighted by molar-refractivity contribution is -0.297. The molecule has 18 heteroatoms. The first-order valence-corrected chi connectivity index (χ1v) is 21.1. The number of nitrogen functional groups attached to an aromatic ring is 1. The number of likely N-dealkylation sites (N-methyl/N-ethyl adjacent to an activating group) is 1. The Labute approximate surface area is 349 Å². The Balaban J connectivity index is 1.59. The summed E-state index contributed by atoms with van der Waals surface area (Å²) in [5.41, 5.74) is 0.485. The van der Waals surface area contributed by atoms with E-state index in [1.165, 1.54) is 25.2 Å². The number of aliphatic hydroxyl groups excluding tert-OH is 2. The maximum Gasteiger partial charge on any atom is 0.351 e. The van der Waals surface area contributed by atoms with Gasteiger partial charge in [-0.2, -0.15) is 0 Å². The van der Waals surface area contributed by atoms with Crippen LogP contribution in [0.5, 0.6) is 0 Å². The number of ether oxygens (including phenoxy) is 5. The monoisotopic (exact) mass is 851 g/mol. The van der Waals surface area contributed by atoms with Crippen LogP contribution in [-0.4, -0.2) is 141 Å². The smallest absolute Gasteiger partial charge is 0.351 e. The topological polar surface area (TPSA) is 218 Å². The van der Waals surface area contributed by atoms with Crippen molar-refractivity contribution in [1.82, 2.24) is 14.9 Å². The summed E-state index contributed by atoms with van der Waals surface area (Å²) in [4.78, 5) is 44.6. The Morgan fingerprint density at radius 3 is 2.46 bits per heavy atom. The highest BCUT2D eigenvalue weighted by molar-refractivity contribution is 7.13.